The van der Waals surface area contributed by atoms with E-state index in [1.54, 1.807) is 0 Å². The molecule has 1 atom stereocenters. The van der Waals surface area contributed by atoms with Crippen LogP contribution in [0.15, 0.2) is 4.52 Å². The molecule has 0 aliphatic carbocycles. The van der Waals surface area contributed by atoms with E-state index in [0.29, 0.717) is 11.7 Å². The van der Waals surface area contributed by atoms with Gasteiger partial charge in [0.25, 0.3) is 0 Å². The van der Waals surface area contributed by atoms with Gasteiger partial charge in [-0.1, -0.05) is 5.16 Å². The zero-order chi connectivity index (χ0) is 15.9. The molecule has 0 radical (unpaired) electrons. The van der Waals surface area contributed by atoms with Crippen LogP contribution in [0.1, 0.15) is 34.8 Å². The molecule has 0 unspecified atom stereocenters. The number of hydrogen-bond acceptors (Lipinski definition) is 7. The summed E-state index contributed by atoms with van der Waals surface area (Å²) in [7, 11) is 2.09. The molecule has 1 saturated heterocycles. The van der Waals surface area contributed by atoms with E-state index >= 15 is 0 Å². The lowest BCUT2D eigenvalue weighted by Crippen LogP contribution is -2.47. The molecule has 0 spiro atoms. The number of aromatic nitrogens is 4. The van der Waals surface area contributed by atoms with Crippen molar-refractivity contribution in [2.24, 2.45) is 0 Å². The van der Waals surface area contributed by atoms with Gasteiger partial charge in [-0.25, -0.2) is 9.97 Å². The van der Waals surface area contributed by atoms with Gasteiger partial charge in [0.15, 0.2) is 5.82 Å². The molecule has 0 bridgehead atoms. The highest BCUT2D eigenvalue weighted by molar-refractivity contribution is 5.49. The van der Waals surface area contributed by atoms with Gasteiger partial charge >= 0.3 is 0 Å². The van der Waals surface area contributed by atoms with Crippen molar-refractivity contribution in [3.05, 3.63) is 28.8 Å². The monoisotopic (exact) mass is 302 g/mol. The first-order valence-electron chi connectivity index (χ1n) is 7.53. The Morgan fingerprint density at radius 1 is 1.00 bits per heavy atom. The molecule has 1 fully saturated rings. The summed E-state index contributed by atoms with van der Waals surface area (Å²) in [6.45, 7) is 10.5. The Morgan fingerprint density at radius 2 is 1.77 bits per heavy atom. The Labute approximate surface area is 130 Å². The summed E-state index contributed by atoms with van der Waals surface area (Å²) in [5.41, 5.74) is 2.17. The average molecular weight is 302 g/mol. The quantitative estimate of drug-likeness (QED) is 0.834. The number of rotatable bonds is 2. The fourth-order valence-corrected chi connectivity index (χ4v) is 2.84. The van der Waals surface area contributed by atoms with Crippen LogP contribution in [0.2, 0.25) is 0 Å². The fourth-order valence-electron chi connectivity index (χ4n) is 2.84. The van der Waals surface area contributed by atoms with Crippen molar-refractivity contribution in [1.82, 2.24) is 25.0 Å². The summed E-state index contributed by atoms with van der Waals surface area (Å²) in [6, 6.07) is 0.0879. The first-order chi connectivity index (χ1) is 10.5. The summed E-state index contributed by atoms with van der Waals surface area (Å²) in [6.07, 6.45) is 0. The van der Waals surface area contributed by atoms with Crippen molar-refractivity contribution in [1.29, 1.82) is 0 Å². The van der Waals surface area contributed by atoms with E-state index in [9.17, 15) is 0 Å². The molecule has 3 heterocycles. The second-order valence-corrected chi connectivity index (χ2v) is 5.93. The van der Waals surface area contributed by atoms with Crippen LogP contribution in [-0.4, -0.2) is 51.7 Å². The highest BCUT2D eigenvalue weighted by atomic mass is 16.5. The maximum Gasteiger partial charge on any atom is 0.245 e. The topological polar surface area (TPSA) is 71.2 Å². The standard InChI is InChI=1S/C15H22N6O/c1-9-10(2)16-11(3)17-14(9)21-7-6-20(5)13(8-21)15-18-12(4)19-22-15/h13H,6-8H2,1-5H3/t13-/m1/s1. The minimum absolute atomic E-state index is 0.0879. The van der Waals surface area contributed by atoms with Gasteiger partial charge in [-0.05, 0) is 34.7 Å². The molecule has 2 aromatic rings. The molecule has 2 aromatic heterocycles. The van der Waals surface area contributed by atoms with Crippen molar-refractivity contribution in [3.63, 3.8) is 0 Å². The van der Waals surface area contributed by atoms with Gasteiger partial charge in [-0.2, -0.15) is 4.98 Å². The molecule has 7 heteroatoms. The molecule has 3 rings (SSSR count). The Balaban J connectivity index is 1.90. The number of hydrogen-bond donors (Lipinski definition) is 0. The Morgan fingerprint density at radius 3 is 2.45 bits per heavy atom. The van der Waals surface area contributed by atoms with Crippen molar-refractivity contribution >= 4 is 5.82 Å². The Bertz CT molecular complexity index is 683. The number of anilines is 1. The molecule has 0 amide bonds. The molecule has 0 aromatic carbocycles. The summed E-state index contributed by atoms with van der Waals surface area (Å²) < 4.78 is 5.37. The minimum atomic E-state index is 0.0879. The van der Waals surface area contributed by atoms with Crippen LogP contribution in [-0.2, 0) is 0 Å². The molecule has 0 saturated carbocycles. The summed E-state index contributed by atoms with van der Waals surface area (Å²) >= 11 is 0. The molecule has 1 aliphatic rings. The van der Waals surface area contributed by atoms with Gasteiger partial charge < -0.3 is 9.42 Å². The second-order valence-electron chi connectivity index (χ2n) is 5.93. The smallest absolute Gasteiger partial charge is 0.245 e. The van der Waals surface area contributed by atoms with Gasteiger partial charge in [-0.15, -0.1) is 0 Å². The summed E-state index contributed by atoms with van der Waals surface area (Å²) in [5.74, 6) is 3.16. The number of likely N-dealkylation sites (N-methyl/N-ethyl adjacent to an activating group) is 1. The van der Waals surface area contributed by atoms with Crippen LogP contribution in [0.4, 0.5) is 5.82 Å². The molecule has 7 nitrogen and oxygen atoms in total. The van der Waals surface area contributed by atoms with Gasteiger partial charge in [0, 0.05) is 30.9 Å². The minimum Gasteiger partial charge on any atom is -0.353 e. The average Bonchev–Trinajstić information content (AvgIpc) is 2.90. The highest BCUT2D eigenvalue weighted by Gasteiger charge is 2.31. The zero-order valence-corrected chi connectivity index (χ0v) is 13.8. The van der Waals surface area contributed by atoms with E-state index in [1.807, 2.05) is 20.8 Å². The van der Waals surface area contributed by atoms with Gasteiger partial charge in [0.2, 0.25) is 5.89 Å². The Hall–Kier alpha value is -2.02. The molecule has 22 heavy (non-hydrogen) atoms. The van der Waals surface area contributed by atoms with Gasteiger partial charge in [0.1, 0.15) is 17.7 Å². The number of aryl methyl sites for hydroxylation is 3. The summed E-state index contributed by atoms with van der Waals surface area (Å²) in [5, 5.41) is 3.91. The third-order valence-electron chi connectivity index (χ3n) is 4.25. The number of piperazine rings is 1. The van der Waals surface area contributed by atoms with E-state index in [0.717, 1.165) is 42.5 Å². The first kappa shape index (κ1) is 14.9. The van der Waals surface area contributed by atoms with Gasteiger partial charge in [0.05, 0.1) is 0 Å². The molecule has 1 aliphatic heterocycles. The fraction of sp³-hybridized carbons (Fsp3) is 0.600. The van der Waals surface area contributed by atoms with Crippen LogP contribution in [0, 0.1) is 27.7 Å². The second kappa shape index (κ2) is 5.64. The van der Waals surface area contributed by atoms with E-state index in [-0.39, 0.29) is 6.04 Å². The molecular formula is C15H22N6O. The first-order valence-corrected chi connectivity index (χ1v) is 7.53. The van der Waals surface area contributed by atoms with E-state index in [4.69, 9.17) is 4.52 Å². The number of nitrogens with zero attached hydrogens (tertiary/aromatic N) is 6. The largest absolute Gasteiger partial charge is 0.353 e. The summed E-state index contributed by atoms with van der Waals surface area (Å²) in [4.78, 5) is 18.0. The van der Waals surface area contributed by atoms with Crippen LogP contribution < -0.4 is 4.90 Å². The lowest BCUT2D eigenvalue weighted by Gasteiger charge is -2.38. The van der Waals surface area contributed by atoms with Crippen molar-refractivity contribution in [2.75, 3.05) is 31.6 Å². The van der Waals surface area contributed by atoms with Gasteiger partial charge in [-0.3, -0.25) is 4.90 Å². The predicted octanol–water partition coefficient (Wildman–Crippen LogP) is 1.59. The molecule has 118 valence electrons. The van der Waals surface area contributed by atoms with Crippen LogP contribution in [0.5, 0.6) is 0 Å². The maximum absolute atomic E-state index is 5.37. The van der Waals surface area contributed by atoms with Crippen molar-refractivity contribution in [3.8, 4) is 0 Å². The zero-order valence-electron chi connectivity index (χ0n) is 13.8. The normalized spacial score (nSPS) is 19.7. The lowest BCUT2D eigenvalue weighted by molar-refractivity contribution is 0.177. The predicted molar refractivity (Wildman–Crippen MR) is 82.9 cm³/mol. The lowest BCUT2D eigenvalue weighted by atomic mass is 10.1. The third kappa shape index (κ3) is 2.68. The van der Waals surface area contributed by atoms with Crippen LogP contribution >= 0.6 is 0 Å². The molecular weight excluding hydrogens is 280 g/mol. The SMILES string of the molecule is Cc1noc([C@H]2CN(c3nc(C)nc(C)c3C)CCN2C)n1. The maximum atomic E-state index is 5.37. The van der Waals surface area contributed by atoms with Crippen LogP contribution in [0.25, 0.3) is 0 Å². The Kier molecular flexibility index (Phi) is 3.82. The molecule has 0 N–H and O–H groups in total. The highest BCUT2D eigenvalue weighted by Crippen LogP contribution is 2.28. The van der Waals surface area contributed by atoms with E-state index in [1.165, 1.54) is 0 Å². The van der Waals surface area contributed by atoms with E-state index in [2.05, 4.69) is 43.9 Å². The van der Waals surface area contributed by atoms with Crippen LogP contribution in [0.3, 0.4) is 0 Å². The van der Waals surface area contributed by atoms with E-state index < -0.39 is 0 Å². The van der Waals surface area contributed by atoms with Crippen molar-refractivity contribution < 1.29 is 4.52 Å². The third-order valence-corrected chi connectivity index (χ3v) is 4.25. The van der Waals surface area contributed by atoms with Crippen molar-refractivity contribution in [2.45, 2.75) is 33.7 Å².